The fourth-order valence-electron chi connectivity index (χ4n) is 2.93. The number of benzene rings is 2. The fraction of sp³-hybridized carbons (Fsp3) is 0.238. The average molecular weight is 346 g/mol. The molecule has 0 unspecified atom stereocenters. The first kappa shape index (κ1) is 16.4. The number of imidazole rings is 1. The van der Waals surface area contributed by atoms with Crippen LogP contribution in [0.15, 0.2) is 54.7 Å². The summed E-state index contributed by atoms with van der Waals surface area (Å²) in [5.74, 6) is 3.26. The Morgan fingerprint density at radius 2 is 1.85 bits per heavy atom. The zero-order chi connectivity index (χ0) is 17.9. The molecule has 0 aliphatic rings. The normalized spacial score (nSPS) is 12.4. The average Bonchev–Trinajstić information content (AvgIpc) is 3.31. The zero-order valence-electron chi connectivity index (χ0n) is 15.0. The number of nitrogens with one attached hydrogen (secondary N) is 2. The molecule has 5 heteroatoms. The van der Waals surface area contributed by atoms with Gasteiger partial charge in [0.1, 0.15) is 17.3 Å². The van der Waals surface area contributed by atoms with E-state index in [1.165, 1.54) is 0 Å². The smallest absolute Gasteiger partial charge is 0.129 e. The lowest BCUT2D eigenvalue weighted by molar-refractivity contribution is 0.483. The summed E-state index contributed by atoms with van der Waals surface area (Å²) in [7, 11) is 0. The van der Waals surface area contributed by atoms with Crippen LogP contribution in [0.3, 0.4) is 0 Å². The molecule has 132 valence electrons. The molecule has 0 amide bonds. The highest BCUT2D eigenvalue weighted by molar-refractivity contribution is 5.77. The van der Waals surface area contributed by atoms with Crippen LogP contribution in [0.4, 0.5) is 0 Å². The first-order chi connectivity index (χ1) is 12.7. The summed E-state index contributed by atoms with van der Waals surface area (Å²) in [5.41, 5.74) is 4.05. The molecule has 2 aromatic carbocycles. The van der Waals surface area contributed by atoms with Crippen LogP contribution in [0, 0.1) is 5.92 Å². The van der Waals surface area contributed by atoms with E-state index in [0.717, 1.165) is 52.5 Å². The number of nitrogens with zero attached hydrogens (tertiary/aromatic N) is 2. The summed E-state index contributed by atoms with van der Waals surface area (Å²) < 4.78 is 6.00. The van der Waals surface area contributed by atoms with E-state index in [-0.39, 0.29) is 0 Å². The summed E-state index contributed by atoms with van der Waals surface area (Å²) in [4.78, 5) is 8.08. The Balaban J connectivity index is 1.51. The molecule has 5 nitrogen and oxygen atoms in total. The van der Waals surface area contributed by atoms with Gasteiger partial charge in [-0.3, -0.25) is 5.10 Å². The van der Waals surface area contributed by atoms with Gasteiger partial charge in [0.2, 0.25) is 0 Å². The molecule has 4 aromatic rings. The van der Waals surface area contributed by atoms with E-state index in [2.05, 4.69) is 34.0 Å². The third-order valence-corrected chi connectivity index (χ3v) is 4.64. The van der Waals surface area contributed by atoms with Crippen LogP contribution in [0.2, 0.25) is 0 Å². The van der Waals surface area contributed by atoms with Gasteiger partial charge < -0.3 is 9.72 Å². The molecule has 4 rings (SSSR count). The van der Waals surface area contributed by atoms with Crippen molar-refractivity contribution in [1.29, 1.82) is 0 Å². The zero-order valence-corrected chi connectivity index (χ0v) is 15.0. The van der Waals surface area contributed by atoms with E-state index in [0.29, 0.717) is 5.92 Å². The number of hydrogen-bond acceptors (Lipinski definition) is 3. The number of fused-ring (bicyclic) bond motifs is 1. The van der Waals surface area contributed by atoms with Crippen LogP contribution in [-0.2, 0) is 6.42 Å². The maximum Gasteiger partial charge on any atom is 0.129 e. The Kier molecular flexibility index (Phi) is 4.44. The Morgan fingerprint density at radius 3 is 2.58 bits per heavy atom. The third kappa shape index (κ3) is 3.47. The van der Waals surface area contributed by atoms with Gasteiger partial charge in [-0.15, -0.1) is 0 Å². The number of hydrogen-bond donors (Lipinski definition) is 2. The molecule has 0 radical (unpaired) electrons. The lowest BCUT2D eigenvalue weighted by Gasteiger charge is -2.06. The Morgan fingerprint density at radius 1 is 1.04 bits per heavy atom. The highest BCUT2D eigenvalue weighted by Crippen LogP contribution is 2.27. The van der Waals surface area contributed by atoms with E-state index < -0.39 is 0 Å². The number of aromatic amines is 2. The van der Waals surface area contributed by atoms with Gasteiger partial charge in [-0.25, -0.2) is 4.98 Å². The van der Waals surface area contributed by atoms with E-state index >= 15 is 0 Å². The van der Waals surface area contributed by atoms with Crippen molar-refractivity contribution in [2.24, 2.45) is 5.92 Å². The summed E-state index contributed by atoms with van der Waals surface area (Å²) in [6, 6.07) is 15.9. The molecule has 0 bridgehead atoms. The van der Waals surface area contributed by atoms with Gasteiger partial charge in [-0.05, 0) is 53.9 Å². The lowest BCUT2D eigenvalue weighted by Crippen LogP contribution is -1.99. The van der Waals surface area contributed by atoms with E-state index in [1.54, 1.807) is 6.20 Å². The van der Waals surface area contributed by atoms with Crippen molar-refractivity contribution in [2.45, 2.75) is 26.7 Å². The molecule has 1 atom stereocenters. The number of ether oxygens (including phenoxy) is 1. The Bertz CT molecular complexity index is 987. The second-order valence-corrected chi connectivity index (χ2v) is 6.68. The minimum absolute atomic E-state index is 0.625. The highest BCUT2D eigenvalue weighted by atomic mass is 16.5. The fourth-order valence-corrected chi connectivity index (χ4v) is 2.93. The number of aromatic nitrogens is 4. The predicted octanol–water partition coefficient (Wildman–Crippen LogP) is 5.33. The molecule has 0 fully saturated rings. The maximum absolute atomic E-state index is 6.00. The molecule has 26 heavy (non-hydrogen) atoms. The van der Waals surface area contributed by atoms with Gasteiger partial charge in [0.05, 0.1) is 16.7 Å². The van der Waals surface area contributed by atoms with Gasteiger partial charge in [0.25, 0.3) is 0 Å². The second-order valence-electron chi connectivity index (χ2n) is 6.68. The van der Waals surface area contributed by atoms with Gasteiger partial charge in [-0.2, -0.15) is 5.10 Å². The van der Waals surface area contributed by atoms with Crippen molar-refractivity contribution in [1.82, 2.24) is 20.2 Å². The molecule has 0 aliphatic heterocycles. The monoisotopic (exact) mass is 346 g/mol. The van der Waals surface area contributed by atoms with Gasteiger partial charge in [0.15, 0.2) is 0 Å². The van der Waals surface area contributed by atoms with Gasteiger partial charge >= 0.3 is 0 Å². The van der Waals surface area contributed by atoms with Crippen LogP contribution >= 0.6 is 0 Å². The van der Waals surface area contributed by atoms with Crippen molar-refractivity contribution in [3.05, 3.63) is 60.6 Å². The quantitative estimate of drug-likeness (QED) is 0.495. The standard InChI is InChI=1S/C21H22N4O/c1-3-14(2)12-21-23-19-9-8-17(13-20(19)24-21)26-16-6-4-15(5-7-16)18-10-11-22-25-18/h4-11,13-14H,3,12H2,1-2H3,(H,22,25)(H,23,24)/t14-/m0/s1. The largest absolute Gasteiger partial charge is 0.457 e. The van der Waals surface area contributed by atoms with Crippen molar-refractivity contribution in [2.75, 3.05) is 0 Å². The van der Waals surface area contributed by atoms with E-state index in [4.69, 9.17) is 4.74 Å². The van der Waals surface area contributed by atoms with E-state index in [9.17, 15) is 0 Å². The Labute approximate surface area is 152 Å². The van der Waals surface area contributed by atoms with Crippen molar-refractivity contribution in [3.63, 3.8) is 0 Å². The SMILES string of the molecule is CC[C@H](C)Cc1nc2ccc(Oc3ccc(-c4ccn[nH]4)cc3)cc2[nH]1. The molecular weight excluding hydrogens is 324 g/mol. The van der Waals surface area contributed by atoms with Gasteiger partial charge in [-0.1, -0.05) is 20.3 Å². The number of rotatable bonds is 6. The molecule has 2 N–H and O–H groups in total. The van der Waals surface area contributed by atoms with Crippen LogP contribution in [-0.4, -0.2) is 20.2 Å². The van der Waals surface area contributed by atoms with Crippen molar-refractivity contribution >= 4 is 11.0 Å². The first-order valence-electron chi connectivity index (χ1n) is 8.97. The molecule has 2 aromatic heterocycles. The molecule has 2 heterocycles. The maximum atomic E-state index is 6.00. The minimum atomic E-state index is 0.625. The summed E-state index contributed by atoms with van der Waals surface area (Å²) in [6.45, 7) is 4.45. The molecule has 0 saturated carbocycles. The minimum Gasteiger partial charge on any atom is -0.457 e. The first-order valence-corrected chi connectivity index (χ1v) is 8.97. The molecule has 0 aliphatic carbocycles. The number of H-pyrrole nitrogens is 2. The Hall–Kier alpha value is -3.08. The van der Waals surface area contributed by atoms with Crippen LogP contribution in [0.1, 0.15) is 26.1 Å². The van der Waals surface area contributed by atoms with Crippen molar-refractivity contribution in [3.8, 4) is 22.8 Å². The van der Waals surface area contributed by atoms with Crippen LogP contribution < -0.4 is 4.74 Å². The molecule has 0 spiro atoms. The predicted molar refractivity (Wildman–Crippen MR) is 103 cm³/mol. The summed E-state index contributed by atoms with van der Waals surface area (Å²) in [5, 5.41) is 6.94. The molecular formula is C21H22N4O. The van der Waals surface area contributed by atoms with E-state index in [1.807, 2.05) is 48.5 Å². The molecule has 0 saturated heterocycles. The second kappa shape index (κ2) is 7.04. The van der Waals surface area contributed by atoms with Crippen LogP contribution in [0.25, 0.3) is 22.3 Å². The lowest BCUT2D eigenvalue weighted by atomic mass is 10.1. The van der Waals surface area contributed by atoms with Crippen molar-refractivity contribution < 1.29 is 4.74 Å². The van der Waals surface area contributed by atoms with Crippen LogP contribution in [0.5, 0.6) is 11.5 Å². The highest BCUT2D eigenvalue weighted by Gasteiger charge is 2.08. The summed E-state index contributed by atoms with van der Waals surface area (Å²) >= 11 is 0. The summed E-state index contributed by atoms with van der Waals surface area (Å²) in [6.07, 6.45) is 3.87. The van der Waals surface area contributed by atoms with Gasteiger partial charge in [0, 0.05) is 18.7 Å². The topological polar surface area (TPSA) is 66.6 Å². The third-order valence-electron chi connectivity index (χ3n) is 4.64.